The minimum atomic E-state index is -1.01. The number of carboxylic acid groups (broad SMARTS) is 1. The van der Waals surface area contributed by atoms with Crippen LogP contribution in [0.1, 0.15) is 21.5 Å². The monoisotopic (exact) mass is 348 g/mol. The molecule has 1 aromatic heterocycles. The number of nitrogens with zero attached hydrogens (tertiary/aromatic N) is 1. The molecule has 0 aliphatic rings. The first-order chi connectivity index (χ1) is 12.5. The predicted molar refractivity (Wildman–Crippen MR) is 102 cm³/mol. The van der Waals surface area contributed by atoms with Gasteiger partial charge in [0.15, 0.2) is 0 Å². The number of rotatable bonds is 5. The van der Waals surface area contributed by atoms with Gasteiger partial charge >= 0.3 is 5.97 Å². The summed E-state index contributed by atoms with van der Waals surface area (Å²) in [7, 11) is 1.65. The van der Waals surface area contributed by atoms with Gasteiger partial charge in [0, 0.05) is 11.9 Å². The molecular weight excluding hydrogens is 328 g/mol. The van der Waals surface area contributed by atoms with E-state index in [0.717, 1.165) is 33.7 Å². The third-order valence-corrected chi connectivity index (χ3v) is 4.22. The Bertz CT molecular complexity index is 944. The van der Waals surface area contributed by atoms with E-state index in [4.69, 9.17) is 4.74 Å². The number of hydrogen-bond acceptors (Lipinski definition) is 4. The summed E-state index contributed by atoms with van der Waals surface area (Å²) < 4.78 is 5.30. The quantitative estimate of drug-likeness (QED) is 0.692. The summed E-state index contributed by atoms with van der Waals surface area (Å²) in [4.78, 5) is 15.6. The van der Waals surface area contributed by atoms with Gasteiger partial charge in [0.05, 0.1) is 7.11 Å². The average Bonchev–Trinajstić information content (AvgIpc) is 2.64. The second-order valence-electron chi connectivity index (χ2n) is 6.05. The normalized spacial score (nSPS) is 10.4. The van der Waals surface area contributed by atoms with E-state index in [2.05, 4.69) is 22.4 Å². The summed E-state index contributed by atoms with van der Waals surface area (Å²) in [5.74, 6) is 0.129. The first kappa shape index (κ1) is 17.5. The van der Waals surface area contributed by atoms with Crippen molar-refractivity contribution in [1.29, 1.82) is 0 Å². The van der Waals surface area contributed by atoms with Gasteiger partial charge in [-0.3, -0.25) is 0 Å². The van der Waals surface area contributed by atoms with Crippen LogP contribution in [0, 0.1) is 13.8 Å². The molecule has 1 heterocycles. The first-order valence-electron chi connectivity index (χ1n) is 8.20. The standard InChI is InChI=1S/C21H20N2O3/c1-13-10-16(15-6-4-7-17(12-15)26-3)11-14(2)19(13)23-20-18(21(24)25)8-5-9-22-20/h4-12H,1-3H3,(H,22,23)(H,24,25). The number of hydrogen-bond donors (Lipinski definition) is 2. The highest BCUT2D eigenvalue weighted by atomic mass is 16.5. The molecule has 0 aliphatic heterocycles. The van der Waals surface area contributed by atoms with Crippen LogP contribution >= 0.6 is 0 Å². The number of aromatic nitrogens is 1. The summed E-state index contributed by atoms with van der Waals surface area (Å²) in [5, 5.41) is 12.5. The van der Waals surface area contributed by atoms with E-state index in [1.54, 1.807) is 19.4 Å². The van der Waals surface area contributed by atoms with Gasteiger partial charge in [0.25, 0.3) is 0 Å². The van der Waals surface area contributed by atoms with Gasteiger partial charge in [-0.2, -0.15) is 0 Å². The fourth-order valence-corrected chi connectivity index (χ4v) is 2.93. The summed E-state index contributed by atoms with van der Waals surface area (Å²) in [6, 6.07) is 15.2. The van der Waals surface area contributed by atoms with Gasteiger partial charge in [-0.1, -0.05) is 12.1 Å². The number of ether oxygens (including phenoxy) is 1. The minimum Gasteiger partial charge on any atom is -0.497 e. The molecule has 132 valence electrons. The third-order valence-electron chi connectivity index (χ3n) is 4.22. The lowest BCUT2D eigenvalue weighted by atomic mass is 9.98. The molecule has 0 atom stereocenters. The van der Waals surface area contributed by atoms with Crippen LogP contribution < -0.4 is 10.1 Å². The fourth-order valence-electron chi connectivity index (χ4n) is 2.93. The Morgan fingerprint density at radius 1 is 1.04 bits per heavy atom. The van der Waals surface area contributed by atoms with E-state index >= 15 is 0 Å². The van der Waals surface area contributed by atoms with Crippen molar-refractivity contribution < 1.29 is 14.6 Å². The number of aromatic carboxylic acids is 1. The van der Waals surface area contributed by atoms with Crippen LogP contribution in [0.5, 0.6) is 5.75 Å². The zero-order chi connectivity index (χ0) is 18.7. The van der Waals surface area contributed by atoms with Crippen LogP contribution in [-0.2, 0) is 0 Å². The molecule has 2 N–H and O–H groups in total. The van der Waals surface area contributed by atoms with Crippen molar-refractivity contribution in [3.8, 4) is 16.9 Å². The molecule has 0 saturated carbocycles. The summed E-state index contributed by atoms with van der Waals surface area (Å²) in [6.45, 7) is 3.98. The molecule has 0 aliphatic carbocycles. The van der Waals surface area contributed by atoms with Crippen LogP contribution in [0.4, 0.5) is 11.5 Å². The molecule has 0 amide bonds. The summed E-state index contributed by atoms with van der Waals surface area (Å²) >= 11 is 0. The van der Waals surface area contributed by atoms with Gasteiger partial charge in [0.1, 0.15) is 17.1 Å². The molecule has 2 aromatic carbocycles. The Balaban J connectivity index is 1.99. The molecule has 26 heavy (non-hydrogen) atoms. The van der Waals surface area contributed by atoms with Crippen LogP contribution in [0.25, 0.3) is 11.1 Å². The highest BCUT2D eigenvalue weighted by molar-refractivity contribution is 5.94. The first-order valence-corrected chi connectivity index (χ1v) is 8.20. The Morgan fingerprint density at radius 2 is 1.77 bits per heavy atom. The van der Waals surface area contributed by atoms with Gasteiger partial charge in [0.2, 0.25) is 0 Å². The van der Waals surface area contributed by atoms with Crippen molar-refractivity contribution >= 4 is 17.5 Å². The Kier molecular flexibility index (Phi) is 4.89. The zero-order valence-corrected chi connectivity index (χ0v) is 14.9. The molecule has 0 bridgehead atoms. The molecule has 0 radical (unpaired) electrons. The number of carbonyl (C=O) groups is 1. The second kappa shape index (κ2) is 7.27. The maximum Gasteiger partial charge on any atom is 0.339 e. The predicted octanol–water partition coefficient (Wildman–Crippen LogP) is 4.82. The zero-order valence-electron chi connectivity index (χ0n) is 14.9. The number of methoxy groups -OCH3 is 1. The Morgan fingerprint density at radius 3 is 2.42 bits per heavy atom. The lowest BCUT2D eigenvalue weighted by molar-refractivity contribution is 0.0697. The van der Waals surface area contributed by atoms with Gasteiger partial charge < -0.3 is 15.2 Å². The highest BCUT2D eigenvalue weighted by Crippen LogP contribution is 2.32. The molecule has 0 fully saturated rings. The van der Waals surface area contributed by atoms with Crippen molar-refractivity contribution in [2.45, 2.75) is 13.8 Å². The molecule has 0 spiro atoms. The van der Waals surface area contributed by atoms with E-state index < -0.39 is 5.97 Å². The van der Waals surface area contributed by atoms with E-state index in [0.29, 0.717) is 5.82 Å². The third kappa shape index (κ3) is 3.52. The number of nitrogens with one attached hydrogen (secondary N) is 1. The van der Waals surface area contributed by atoms with Gasteiger partial charge in [-0.05, 0) is 72.5 Å². The fraction of sp³-hybridized carbons (Fsp3) is 0.143. The number of benzene rings is 2. The topological polar surface area (TPSA) is 71.5 Å². The maximum atomic E-state index is 11.4. The summed E-state index contributed by atoms with van der Waals surface area (Å²) in [6.07, 6.45) is 1.57. The van der Waals surface area contributed by atoms with Gasteiger partial charge in [-0.15, -0.1) is 0 Å². The van der Waals surface area contributed by atoms with E-state index in [1.807, 2.05) is 38.1 Å². The highest BCUT2D eigenvalue weighted by Gasteiger charge is 2.14. The van der Waals surface area contributed by atoms with Crippen molar-refractivity contribution in [2.75, 3.05) is 12.4 Å². The smallest absolute Gasteiger partial charge is 0.339 e. The molecule has 3 rings (SSSR count). The molecule has 0 unspecified atom stereocenters. The maximum absolute atomic E-state index is 11.4. The van der Waals surface area contributed by atoms with E-state index in [-0.39, 0.29) is 5.56 Å². The van der Waals surface area contributed by atoms with E-state index in [9.17, 15) is 9.90 Å². The lowest BCUT2D eigenvalue weighted by Gasteiger charge is -2.16. The molecule has 3 aromatic rings. The number of pyridine rings is 1. The lowest BCUT2D eigenvalue weighted by Crippen LogP contribution is -2.06. The van der Waals surface area contributed by atoms with E-state index in [1.165, 1.54) is 6.07 Å². The van der Waals surface area contributed by atoms with Crippen molar-refractivity contribution in [1.82, 2.24) is 4.98 Å². The number of anilines is 2. The van der Waals surface area contributed by atoms with Crippen LogP contribution in [-0.4, -0.2) is 23.2 Å². The molecule has 0 saturated heterocycles. The van der Waals surface area contributed by atoms with Crippen LogP contribution in [0.3, 0.4) is 0 Å². The minimum absolute atomic E-state index is 0.142. The molecule has 5 heteroatoms. The van der Waals surface area contributed by atoms with Crippen LogP contribution in [0.2, 0.25) is 0 Å². The van der Waals surface area contributed by atoms with Crippen molar-refractivity contribution in [3.63, 3.8) is 0 Å². The van der Waals surface area contributed by atoms with Crippen molar-refractivity contribution in [3.05, 3.63) is 71.4 Å². The largest absolute Gasteiger partial charge is 0.497 e. The number of aryl methyl sites for hydroxylation is 2. The number of carboxylic acids is 1. The second-order valence-corrected chi connectivity index (χ2v) is 6.05. The van der Waals surface area contributed by atoms with Crippen LogP contribution in [0.15, 0.2) is 54.7 Å². The Labute approximate surface area is 152 Å². The summed E-state index contributed by atoms with van der Waals surface area (Å²) in [5.41, 5.74) is 5.14. The Hall–Kier alpha value is -3.34. The van der Waals surface area contributed by atoms with Gasteiger partial charge in [-0.25, -0.2) is 9.78 Å². The molecular formula is C21H20N2O3. The van der Waals surface area contributed by atoms with Crippen molar-refractivity contribution in [2.24, 2.45) is 0 Å². The molecule has 5 nitrogen and oxygen atoms in total. The average molecular weight is 348 g/mol. The SMILES string of the molecule is COc1cccc(-c2cc(C)c(Nc3ncccc3C(=O)O)c(C)c2)c1.